The highest BCUT2D eigenvalue weighted by molar-refractivity contribution is 5.70. The molecule has 0 spiro atoms. The van der Waals surface area contributed by atoms with Gasteiger partial charge in [-0.1, -0.05) is 18.5 Å². The van der Waals surface area contributed by atoms with Crippen LogP contribution in [0.3, 0.4) is 0 Å². The topological polar surface area (TPSA) is 88.2 Å². The summed E-state index contributed by atoms with van der Waals surface area (Å²) in [5.74, 6) is 0.619. The van der Waals surface area contributed by atoms with Crippen LogP contribution in [0.4, 0.5) is 0 Å². The van der Waals surface area contributed by atoms with Crippen LogP contribution < -0.4 is 5.32 Å². The quantitative estimate of drug-likeness (QED) is 0.792. The summed E-state index contributed by atoms with van der Waals surface area (Å²) in [5, 5.41) is 16.1. The molecule has 0 amide bonds. The molecule has 1 aromatic rings. The van der Waals surface area contributed by atoms with Gasteiger partial charge in [-0.05, 0) is 25.3 Å². The molecule has 1 aliphatic rings. The number of carbonyl (C=O) groups is 1. The predicted molar refractivity (Wildman–Crippen MR) is 63.8 cm³/mol. The van der Waals surface area contributed by atoms with Crippen LogP contribution in [0.1, 0.15) is 37.9 Å². The number of aryl methyl sites for hydroxylation is 1. The van der Waals surface area contributed by atoms with E-state index in [1.165, 1.54) is 0 Å². The molecule has 100 valence electrons. The van der Waals surface area contributed by atoms with E-state index in [2.05, 4.69) is 15.5 Å². The van der Waals surface area contributed by atoms with Crippen LogP contribution in [0.5, 0.6) is 0 Å². The molecule has 1 fully saturated rings. The summed E-state index contributed by atoms with van der Waals surface area (Å²) in [5.41, 5.74) is 0. The van der Waals surface area contributed by atoms with Crippen LogP contribution in [0.2, 0.25) is 0 Å². The van der Waals surface area contributed by atoms with Crippen LogP contribution in [0.15, 0.2) is 4.52 Å². The maximum atomic E-state index is 11.0. The second kappa shape index (κ2) is 5.95. The summed E-state index contributed by atoms with van der Waals surface area (Å²) in [6, 6.07) is 0. The highest BCUT2D eigenvalue weighted by atomic mass is 16.5. The number of carboxylic acids is 1. The van der Waals surface area contributed by atoms with Crippen molar-refractivity contribution in [2.24, 2.45) is 11.8 Å². The molecule has 1 saturated carbocycles. The Hall–Kier alpha value is -1.43. The van der Waals surface area contributed by atoms with Gasteiger partial charge in [-0.3, -0.25) is 4.79 Å². The smallest absolute Gasteiger partial charge is 0.306 e. The first-order chi connectivity index (χ1) is 8.70. The average Bonchev–Trinajstić information content (AvgIpc) is 2.97. The standard InChI is InChI=1S/C12H19N3O3/c1-2-11-14-10(15-18-11)7-13-6-8-4-3-5-9(8)12(16)17/h8-9,13H,2-7H2,1H3,(H,16,17). The normalized spacial score (nSPS) is 23.4. The summed E-state index contributed by atoms with van der Waals surface area (Å²) in [6.07, 6.45) is 3.52. The fourth-order valence-corrected chi connectivity index (χ4v) is 2.48. The number of aliphatic carboxylic acids is 1. The van der Waals surface area contributed by atoms with E-state index in [9.17, 15) is 4.79 Å². The third kappa shape index (κ3) is 3.07. The molecule has 18 heavy (non-hydrogen) atoms. The third-order valence-electron chi connectivity index (χ3n) is 3.48. The van der Waals surface area contributed by atoms with Gasteiger partial charge in [-0.2, -0.15) is 4.98 Å². The predicted octanol–water partition coefficient (Wildman–Crippen LogP) is 1.22. The van der Waals surface area contributed by atoms with E-state index < -0.39 is 5.97 Å². The lowest BCUT2D eigenvalue weighted by Crippen LogP contribution is -2.29. The van der Waals surface area contributed by atoms with Crippen molar-refractivity contribution in [2.75, 3.05) is 6.54 Å². The molecule has 1 heterocycles. The Morgan fingerprint density at radius 1 is 1.56 bits per heavy atom. The van der Waals surface area contributed by atoms with E-state index in [4.69, 9.17) is 9.63 Å². The van der Waals surface area contributed by atoms with Gasteiger partial charge in [0.25, 0.3) is 0 Å². The summed E-state index contributed by atoms with van der Waals surface area (Å²) in [7, 11) is 0. The summed E-state index contributed by atoms with van der Waals surface area (Å²) in [4.78, 5) is 15.2. The Bertz CT molecular complexity index is 405. The van der Waals surface area contributed by atoms with Crippen LogP contribution in [-0.2, 0) is 17.8 Å². The Kier molecular flexibility index (Phi) is 4.30. The van der Waals surface area contributed by atoms with E-state index >= 15 is 0 Å². The molecule has 2 unspecified atom stereocenters. The molecular formula is C12H19N3O3. The van der Waals surface area contributed by atoms with Gasteiger partial charge < -0.3 is 14.9 Å². The van der Waals surface area contributed by atoms with Crippen molar-refractivity contribution in [3.8, 4) is 0 Å². The van der Waals surface area contributed by atoms with Gasteiger partial charge in [0, 0.05) is 6.42 Å². The van der Waals surface area contributed by atoms with Crippen molar-refractivity contribution in [1.29, 1.82) is 0 Å². The summed E-state index contributed by atoms with van der Waals surface area (Å²) in [6.45, 7) is 3.19. The van der Waals surface area contributed by atoms with E-state index in [1.54, 1.807) is 0 Å². The molecule has 6 nitrogen and oxygen atoms in total. The molecule has 2 atom stereocenters. The Balaban J connectivity index is 1.76. The molecule has 0 aromatic carbocycles. The van der Waals surface area contributed by atoms with Gasteiger partial charge in [0.1, 0.15) is 0 Å². The number of hydrogen-bond acceptors (Lipinski definition) is 5. The van der Waals surface area contributed by atoms with Gasteiger partial charge in [0.15, 0.2) is 5.82 Å². The van der Waals surface area contributed by atoms with Crippen molar-refractivity contribution in [2.45, 2.75) is 39.2 Å². The molecule has 2 N–H and O–H groups in total. The van der Waals surface area contributed by atoms with Crippen molar-refractivity contribution in [3.63, 3.8) is 0 Å². The fourth-order valence-electron chi connectivity index (χ4n) is 2.48. The monoisotopic (exact) mass is 253 g/mol. The molecule has 0 radical (unpaired) electrons. The fraction of sp³-hybridized carbons (Fsp3) is 0.750. The van der Waals surface area contributed by atoms with Gasteiger partial charge in [-0.15, -0.1) is 0 Å². The van der Waals surface area contributed by atoms with Crippen molar-refractivity contribution in [3.05, 3.63) is 11.7 Å². The summed E-state index contributed by atoms with van der Waals surface area (Å²) >= 11 is 0. The zero-order valence-electron chi connectivity index (χ0n) is 10.6. The van der Waals surface area contributed by atoms with Gasteiger partial charge in [-0.25, -0.2) is 0 Å². The molecule has 0 saturated heterocycles. The molecule has 6 heteroatoms. The number of carboxylic acid groups (broad SMARTS) is 1. The van der Waals surface area contributed by atoms with Crippen molar-refractivity contribution >= 4 is 5.97 Å². The lowest BCUT2D eigenvalue weighted by atomic mass is 9.96. The number of aromatic nitrogens is 2. The minimum atomic E-state index is -0.674. The SMILES string of the molecule is CCc1nc(CNCC2CCCC2C(=O)O)no1. The molecule has 0 aliphatic heterocycles. The van der Waals surface area contributed by atoms with Crippen LogP contribution in [0.25, 0.3) is 0 Å². The maximum absolute atomic E-state index is 11.0. The number of nitrogens with one attached hydrogen (secondary N) is 1. The van der Waals surface area contributed by atoms with E-state index in [1.807, 2.05) is 6.92 Å². The first-order valence-corrected chi connectivity index (χ1v) is 6.45. The lowest BCUT2D eigenvalue weighted by Gasteiger charge is -2.15. The molecular weight excluding hydrogens is 234 g/mol. The minimum absolute atomic E-state index is 0.200. The molecule has 0 bridgehead atoms. The molecule has 2 rings (SSSR count). The number of nitrogens with zero attached hydrogens (tertiary/aromatic N) is 2. The largest absolute Gasteiger partial charge is 0.481 e. The van der Waals surface area contributed by atoms with Crippen LogP contribution in [-0.4, -0.2) is 27.8 Å². The van der Waals surface area contributed by atoms with Gasteiger partial charge in [0.2, 0.25) is 5.89 Å². The first-order valence-electron chi connectivity index (χ1n) is 6.45. The second-order valence-electron chi connectivity index (χ2n) is 4.72. The first kappa shape index (κ1) is 13.0. The van der Waals surface area contributed by atoms with Crippen LogP contribution in [0, 0.1) is 11.8 Å². The van der Waals surface area contributed by atoms with Gasteiger partial charge in [0.05, 0.1) is 12.5 Å². The van der Waals surface area contributed by atoms with E-state index in [0.717, 1.165) is 25.7 Å². The molecule has 1 aliphatic carbocycles. The van der Waals surface area contributed by atoms with Crippen molar-refractivity contribution < 1.29 is 14.4 Å². The van der Waals surface area contributed by atoms with Gasteiger partial charge >= 0.3 is 5.97 Å². The highest BCUT2D eigenvalue weighted by Gasteiger charge is 2.32. The summed E-state index contributed by atoms with van der Waals surface area (Å²) < 4.78 is 5.00. The second-order valence-corrected chi connectivity index (χ2v) is 4.72. The number of rotatable bonds is 6. The average molecular weight is 253 g/mol. The minimum Gasteiger partial charge on any atom is -0.481 e. The van der Waals surface area contributed by atoms with Crippen LogP contribution >= 0.6 is 0 Å². The van der Waals surface area contributed by atoms with E-state index in [0.29, 0.717) is 24.8 Å². The molecule has 1 aromatic heterocycles. The lowest BCUT2D eigenvalue weighted by molar-refractivity contribution is -0.142. The third-order valence-corrected chi connectivity index (χ3v) is 3.48. The zero-order valence-corrected chi connectivity index (χ0v) is 10.6. The zero-order chi connectivity index (χ0) is 13.0. The Labute approximate surface area is 106 Å². The maximum Gasteiger partial charge on any atom is 0.306 e. The Morgan fingerprint density at radius 2 is 2.39 bits per heavy atom. The van der Waals surface area contributed by atoms with E-state index in [-0.39, 0.29) is 11.8 Å². The highest BCUT2D eigenvalue weighted by Crippen LogP contribution is 2.31. The number of hydrogen-bond donors (Lipinski definition) is 2. The Morgan fingerprint density at radius 3 is 3.06 bits per heavy atom. The van der Waals surface area contributed by atoms with Crippen molar-refractivity contribution in [1.82, 2.24) is 15.5 Å².